The number of benzene rings is 1. The van der Waals surface area contributed by atoms with E-state index in [1.165, 1.54) is 5.56 Å². The number of nitrogens with zero attached hydrogens (tertiary/aromatic N) is 1. The zero-order chi connectivity index (χ0) is 16.1. The van der Waals surface area contributed by atoms with Crippen molar-refractivity contribution >= 4 is 18.3 Å². The summed E-state index contributed by atoms with van der Waals surface area (Å²) in [6.07, 6.45) is 3.13. The minimum absolute atomic E-state index is 0. The van der Waals surface area contributed by atoms with E-state index in [-0.39, 0.29) is 24.4 Å². The molecule has 1 aromatic carbocycles. The standard InChI is InChI=1S/C18H26N2O3.ClH/c1-22-17-5-3-2-4-15(17)12-14-6-9-20(10-7-14)18(21)16-13-23-11-8-19-16;/h2-5,14,16,19H,6-13H2,1H3;1H. The number of carbonyl (C=O) groups is 1. The average Bonchev–Trinajstić information content (AvgIpc) is 2.63. The maximum Gasteiger partial charge on any atom is 0.242 e. The molecule has 2 heterocycles. The number of hydrogen-bond acceptors (Lipinski definition) is 4. The monoisotopic (exact) mass is 354 g/mol. The molecular weight excluding hydrogens is 328 g/mol. The highest BCUT2D eigenvalue weighted by atomic mass is 35.5. The van der Waals surface area contributed by atoms with Gasteiger partial charge in [-0.25, -0.2) is 0 Å². The summed E-state index contributed by atoms with van der Waals surface area (Å²) in [5.41, 5.74) is 1.27. The number of halogens is 1. The van der Waals surface area contributed by atoms with Crippen LogP contribution >= 0.6 is 12.4 Å². The highest BCUT2D eigenvalue weighted by molar-refractivity contribution is 5.85. The Morgan fingerprint density at radius 1 is 1.33 bits per heavy atom. The Morgan fingerprint density at radius 2 is 2.08 bits per heavy atom. The van der Waals surface area contributed by atoms with E-state index in [0.717, 1.165) is 44.6 Å². The van der Waals surface area contributed by atoms with E-state index in [4.69, 9.17) is 9.47 Å². The molecule has 0 aromatic heterocycles. The molecular formula is C18H27ClN2O3. The molecule has 2 fully saturated rings. The van der Waals surface area contributed by atoms with Gasteiger partial charge < -0.3 is 19.7 Å². The van der Waals surface area contributed by atoms with E-state index in [0.29, 0.717) is 19.1 Å². The van der Waals surface area contributed by atoms with Gasteiger partial charge in [-0.3, -0.25) is 4.79 Å². The Hall–Kier alpha value is -1.30. The van der Waals surface area contributed by atoms with Gasteiger partial charge in [-0.1, -0.05) is 18.2 Å². The van der Waals surface area contributed by atoms with Gasteiger partial charge in [0, 0.05) is 19.6 Å². The van der Waals surface area contributed by atoms with Crippen molar-refractivity contribution in [1.29, 1.82) is 0 Å². The van der Waals surface area contributed by atoms with Gasteiger partial charge in [0.2, 0.25) is 5.91 Å². The number of piperidine rings is 1. The highest BCUT2D eigenvalue weighted by Gasteiger charge is 2.29. The van der Waals surface area contributed by atoms with E-state index in [1.54, 1.807) is 7.11 Å². The predicted octanol–water partition coefficient (Wildman–Crippen LogP) is 1.89. The van der Waals surface area contributed by atoms with Crippen LogP contribution in [0.4, 0.5) is 0 Å². The van der Waals surface area contributed by atoms with Gasteiger partial charge in [0.05, 0.1) is 20.3 Å². The van der Waals surface area contributed by atoms with Crippen LogP contribution in [0.2, 0.25) is 0 Å². The Labute approximate surface area is 150 Å². The second kappa shape index (κ2) is 9.25. The van der Waals surface area contributed by atoms with Gasteiger partial charge in [-0.05, 0) is 36.8 Å². The van der Waals surface area contributed by atoms with Crippen LogP contribution in [0.15, 0.2) is 24.3 Å². The SMILES string of the molecule is COc1ccccc1CC1CCN(C(=O)C2COCCN2)CC1.Cl. The summed E-state index contributed by atoms with van der Waals surface area (Å²) >= 11 is 0. The third kappa shape index (κ3) is 4.62. The number of carbonyl (C=O) groups excluding carboxylic acids is 1. The molecule has 0 saturated carbocycles. The molecule has 3 rings (SSSR count). The van der Waals surface area contributed by atoms with E-state index in [2.05, 4.69) is 17.4 Å². The van der Waals surface area contributed by atoms with Gasteiger partial charge >= 0.3 is 0 Å². The third-order valence-corrected chi connectivity index (χ3v) is 4.85. The largest absolute Gasteiger partial charge is 0.496 e. The molecule has 0 radical (unpaired) electrons. The fraction of sp³-hybridized carbons (Fsp3) is 0.611. The van der Waals surface area contributed by atoms with Gasteiger partial charge in [-0.15, -0.1) is 12.4 Å². The van der Waals surface area contributed by atoms with Gasteiger partial charge in [0.1, 0.15) is 11.8 Å². The summed E-state index contributed by atoms with van der Waals surface area (Å²) < 4.78 is 10.8. The summed E-state index contributed by atoms with van der Waals surface area (Å²) in [5, 5.41) is 3.25. The van der Waals surface area contributed by atoms with Crippen molar-refractivity contribution < 1.29 is 14.3 Å². The summed E-state index contributed by atoms with van der Waals surface area (Å²) in [6.45, 7) is 3.65. The maximum absolute atomic E-state index is 12.5. The van der Waals surface area contributed by atoms with E-state index in [9.17, 15) is 4.79 Å². The maximum atomic E-state index is 12.5. The minimum atomic E-state index is -0.158. The van der Waals surface area contributed by atoms with Crippen molar-refractivity contribution in [1.82, 2.24) is 10.2 Å². The van der Waals surface area contributed by atoms with Crippen molar-refractivity contribution in [2.75, 3.05) is 40.0 Å². The topological polar surface area (TPSA) is 50.8 Å². The molecule has 0 bridgehead atoms. The van der Waals surface area contributed by atoms with E-state index >= 15 is 0 Å². The molecule has 2 saturated heterocycles. The van der Waals surface area contributed by atoms with Crippen LogP contribution in [0.1, 0.15) is 18.4 Å². The lowest BCUT2D eigenvalue weighted by Gasteiger charge is -2.35. The van der Waals surface area contributed by atoms with Crippen LogP contribution in [0.25, 0.3) is 0 Å². The number of nitrogens with one attached hydrogen (secondary N) is 1. The summed E-state index contributed by atoms with van der Waals surface area (Å²) in [4.78, 5) is 14.5. The Balaban J connectivity index is 0.00000208. The second-order valence-corrected chi connectivity index (χ2v) is 6.37. The third-order valence-electron chi connectivity index (χ3n) is 4.85. The first-order valence-electron chi connectivity index (χ1n) is 8.49. The van der Waals surface area contributed by atoms with Gasteiger partial charge in [-0.2, -0.15) is 0 Å². The lowest BCUT2D eigenvalue weighted by molar-refractivity contribution is -0.137. The van der Waals surface area contributed by atoms with Crippen molar-refractivity contribution in [3.63, 3.8) is 0 Å². The molecule has 1 unspecified atom stereocenters. The van der Waals surface area contributed by atoms with Crippen LogP contribution in [0, 0.1) is 5.92 Å². The fourth-order valence-corrected chi connectivity index (χ4v) is 3.48. The highest BCUT2D eigenvalue weighted by Crippen LogP contribution is 2.26. The molecule has 0 aliphatic carbocycles. The number of para-hydroxylation sites is 1. The Bertz CT molecular complexity index is 527. The second-order valence-electron chi connectivity index (χ2n) is 6.37. The van der Waals surface area contributed by atoms with E-state index < -0.39 is 0 Å². The molecule has 1 aromatic rings. The number of morpholine rings is 1. The molecule has 1 atom stereocenters. The number of ether oxygens (including phenoxy) is 2. The molecule has 0 spiro atoms. The summed E-state index contributed by atoms with van der Waals surface area (Å²) in [5.74, 6) is 1.78. The predicted molar refractivity (Wildman–Crippen MR) is 95.9 cm³/mol. The van der Waals surface area contributed by atoms with Crippen molar-refractivity contribution in [2.45, 2.75) is 25.3 Å². The van der Waals surface area contributed by atoms with Crippen LogP contribution in [-0.2, 0) is 16.0 Å². The van der Waals surface area contributed by atoms with Gasteiger partial charge in [0.15, 0.2) is 0 Å². The number of rotatable bonds is 4. The zero-order valence-electron chi connectivity index (χ0n) is 14.2. The minimum Gasteiger partial charge on any atom is -0.496 e. The quantitative estimate of drug-likeness (QED) is 0.897. The Morgan fingerprint density at radius 3 is 2.75 bits per heavy atom. The molecule has 6 heteroatoms. The molecule has 2 aliphatic heterocycles. The number of likely N-dealkylation sites (tertiary alicyclic amines) is 1. The molecule has 5 nitrogen and oxygen atoms in total. The molecule has 24 heavy (non-hydrogen) atoms. The zero-order valence-corrected chi connectivity index (χ0v) is 15.0. The van der Waals surface area contributed by atoms with Gasteiger partial charge in [0.25, 0.3) is 0 Å². The molecule has 134 valence electrons. The summed E-state index contributed by atoms with van der Waals surface area (Å²) in [6, 6.07) is 8.06. The molecule has 1 amide bonds. The van der Waals surface area contributed by atoms with Crippen LogP contribution < -0.4 is 10.1 Å². The Kier molecular flexibility index (Phi) is 7.34. The van der Waals surface area contributed by atoms with Crippen molar-refractivity contribution in [3.8, 4) is 5.75 Å². The first-order chi connectivity index (χ1) is 11.3. The smallest absolute Gasteiger partial charge is 0.242 e. The van der Waals surface area contributed by atoms with Crippen LogP contribution in [0.5, 0.6) is 5.75 Å². The molecule has 2 aliphatic rings. The van der Waals surface area contributed by atoms with Crippen LogP contribution in [0.3, 0.4) is 0 Å². The summed E-state index contributed by atoms with van der Waals surface area (Å²) in [7, 11) is 1.72. The lowest BCUT2D eigenvalue weighted by Crippen LogP contribution is -2.54. The number of hydrogen-bond donors (Lipinski definition) is 1. The average molecular weight is 355 g/mol. The normalized spacial score (nSPS) is 21.9. The van der Waals surface area contributed by atoms with Crippen molar-refractivity contribution in [2.24, 2.45) is 5.92 Å². The van der Waals surface area contributed by atoms with Crippen LogP contribution in [-0.4, -0.2) is 56.8 Å². The first kappa shape index (κ1) is 19.0. The number of amides is 1. The van der Waals surface area contributed by atoms with Crippen molar-refractivity contribution in [3.05, 3.63) is 29.8 Å². The lowest BCUT2D eigenvalue weighted by atomic mass is 9.89. The molecule has 1 N–H and O–H groups in total. The first-order valence-corrected chi connectivity index (χ1v) is 8.49. The fourth-order valence-electron chi connectivity index (χ4n) is 3.48. The number of methoxy groups -OCH3 is 1. The van der Waals surface area contributed by atoms with E-state index in [1.807, 2.05) is 17.0 Å².